The third kappa shape index (κ3) is 7.60. The Labute approximate surface area is 295 Å². The normalized spacial score (nSPS) is 15.2. The molecule has 12 nitrogen and oxygen atoms in total. The lowest BCUT2D eigenvalue weighted by Gasteiger charge is -2.34. The molecule has 1 fully saturated rings. The summed E-state index contributed by atoms with van der Waals surface area (Å²) >= 11 is 0. The smallest absolute Gasteiger partial charge is 0.416 e. The number of likely N-dealkylation sites (N-methyl/N-ethyl adjacent to an activating group) is 1. The van der Waals surface area contributed by atoms with E-state index in [2.05, 4.69) is 32.0 Å². The number of hydrogen-bond donors (Lipinski definition) is 3. The van der Waals surface area contributed by atoms with Gasteiger partial charge in [0.2, 0.25) is 5.95 Å². The molecule has 1 saturated heterocycles. The Hall–Kier alpha value is -5.79. The van der Waals surface area contributed by atoms with E-state index in [1.54, 1.807) is 11.6 Å². The highest BCUT2D eigenvalue weighted by molar-refractivity contribution is 6.05. The molecule has 2 aliphatic heterocycles. The molecule has 0 unspecified atom stereocenters. The highest BCUT2D eigenvalue weighted by Crippen LogP contribution is 2.35. The quantitative estimate of drug-likeness (QED) is 0.191. The summed E-state index contributed by atoms with van der Waals surface area (Å²) in [7, 11) is 1.69. The van der Waals surface area contributed by atoms with Crippen LogP contribution < -0.4 is 11.1 Å². The van der Waals surface area contributed by atoms with Gasteiger partial charge in [-0.1, -0.05) is 24.8 Å². The minimum Gasteiger partial charge on any atom is -0.465 e. The van der Waals surface area contributed by atoms with E-state index >= 15 is 0 Å². The molecule has 3 amide bonds. The lowest BCUT2D eigenvalue weighted by atomic mass is 10.0. The second kappa shape index (κ2) is 14.4. The van der Waals surface area contributed by atoms with Crippen LogP contribution in [-0.2, 0) is 26.2 Å². The molecule has 4 heterocycles. The number of rotatable bonds is 6. The van der Waals surface area contributed by atoms with Crippen molar-refractivity contribution in [1.29, 1.82) is 0 Å². The summed E-state index contributed by atoms with van der Waals surface area (Å²) in [5.41, 5.74) is 6.54. The van der Waals surface area contributed by atoms with Crippen LogP contribution in [0.3, 0.4) is 0 Å². The molecule has 0 atom stereocenters. The van der Waals surface area contributed by atoms with Gasteiger partial charge in [-0.3, -0.25) is 14.5 Å². The molecule has 16 heteroatoms. The number of fused-ring (bicyclic) bond motifs is 1. The number of halogens is 4. The van der Waals surface area contributed by atoms with Gasteiger partial charge in [0.1, 0.15) is 11.5 Å². The number of anilines is 2. The minimum atomic E-state index is -4.67. The third-order valence-electron chi connectivity index (χ3n) is 9.17. The number of benzene rings is 2. The number of aromatic nitrogens is 3. The number of nitrogens with one attached hydrogen (secondary N) is 1. The Balaban J connectivity index is 1.24. The van der Waals surface area contributed by atoms with Gasteiger partial charge in [0.15, 0.2) is 0 Å². The maximum atomic E-state index is 14.8. The number of hydrogen-bond acceptors (Lipinski definition) is 8. The van der Waals surface area contributed by atoms with Gasteiger partial charge < -0.3 is 25.6 Å². The van der Waals surface area contributed by atoms with E-state index in [4.69, 9.17) is 5.73 Å². The first-order valence-electron chi connectivity index (χ1n) is 16.4. The van der Waals surface area contributed by atoms with Crippen LogP contribution in [0.1, 0.15) is 55.6 Å². The first-order chi connectivity index (χ1) is 24.7. The minimum absolute atomic E-state index is 0.0156. The Bertz CT molecular complexity index is 2130. The van der Waals surface area contributed by atoms with Gasteiger partial charge in [0, 0.05) is 81.4 Å². The van der Waals surface area contributed by atoms with Crippen molar-refractivity contribution < 1.29 is 37.1 Å². The van der Waals surface area contributed by atoms with Crippen LogP contribution in [0, 0.1) is 17.7 Å². The molecule has 6 rings (SSSR count). The molecule has 52 heavy (non-hydrogen) atoms. The van der Waals surface area contributed by atoms with Crippen LogP contribution in [-0.4, -0.2) is 91.5 Å². The summed E-state index contributed by atoms with van der Waals surface area (Å²) in [6.07, 6.45) is -4.42. The number of nitrogens with zero attached hydrogens (tertiary/aromatic N) is 6. The van der Waals surface area contributed by atoms with Crippen LogP contribution in [0.5, 0.6) is 0 Å². The number of nitrogen functional groups attached to an aromatic ring is 1. The number of amides is 3. The number of piperazine rings is 1. The average molecular weight is 719 g/mol. The van der Waals surface area contributed by atoms with Crippen LogP contribution in [0.4, 0.5) is 34.0 Å². The molecule has 2 aromatic heterocycles. The summed E-state index contributed by atoms with van der Waals surface area (Å²) < 4.78 is 58.9. The lowest BCUT2D eigenvalue weighted by Crippen LogP contribution is -2.45. The first-order valence-corrected chi connectivity index (χ1v) is 16.4. The Morgan fingerprint density at radius 2 is 1.75 bits per heavy atom. The summed E-state index contributed by atoms with van der Waals surface area (Å²) in [5, 5.41) is 11.8. The van der Waals surface area contributed by atoms with E-state index in [0.29, 0.717) is 24.5 Å². The lowest BCUT2D eigenvalue weighted by molar-refractivity contribution is -0.138. The van der Waals surface area contributed by atoms with Gasteiger partial charge in [0.25, 0.3) is 11.8 Å². The molecule has 0 aliphatic carbocycles. The zero-order chi connectivity index (χ0) is 37.3. The molecule has 4 N–H and O–H groups in total. The molecule has 2 aliphatic rings. The van der Waals surface area contributed by atoms with Gasteiger partial charge in [-0.15, -0.1) is 0 Å². The summed E-state index contributed by atoms with van der Waals surface area (Å²) in [5.74, 6) is 3.20. The maximum Gasteiger partial charge on any atom is 0.416 e. The molecule has 270 valence electrons. The maximum absolute atomic E-state index is 14.8. The molecule has 4 aromatic rings. The van der Waals surface area contributed by atoms with E-state index in [9.17, 15) is 37.1 Å². The highest BCUT2D eigenvalue weighted by atomic mass is 19.4. The van der Waals surface area contributed by atoms with Crippen molar-refractivity contribution in [3.8, 4) is 23.2 Å². The van der Waals surface area contributed by atoms with Crippen LogP contribution in [0.25, 0.3) is 11.4 Å². The van der Waals surface area contributed by atoms with E-state index in [1.807, 2.05) is 11.8 Å². The fourth-order valence-electron chi connectivity index (χ4n) is 6.38. The van der Waals surface area contributed by atoms with Crippen molar-refractivity contribution in [2.75, 3.05) is 50.3 Å². The largest absolute Gasteiger partial charge is 0.465 e. The average Bonchev–Trinajstić information content (AvgIpc) is 3.44. The van der Waals surface area contributed by atoms with Gasteiger partial charge in [-0.25, -0.2) is 24.1 Å². The molecule has 0 bridgehead atoms. The summed E-state index contributed by atoms with van der Waals surface area (Å²) in [6, 6.07) is 8.43. The number of imide groups is 1. The van der Waals surface area contributed by atoms with Gasteiger partial charge in [0.05, 0.1) is 22.4 Å². The van der Waals surface area contributed by atoms with Crippen molar-refractivity contribution in [2.45, 2.75) is 26.1 Å². The number of carbonyl (C=O) groups is 3. The van der Waals surface area contributed by atoms with Gasteiger partial charge >= 0.3 is 12.3 Å². The van der Waals surface area contributed by atoms with Crippen LogP contribution in [0.15, 0.2) is 48.7 Å². The molecule has 0 saturated carbocycles. The van der Waals surface area contributed by atoms with Gasteiger partial charge in [-0.05, 0) is 48.5 Å². The molecule has 0 spiro atoms. The topological polar surface area (TPSA) is 150 Å². The summed E-state index contributed by atoms with van der Waals surface area (Å²) in [4.78, 5) is 50.8. The second-order valence-corrected chi connectivity index (χ2v) is 12.4. The molecule has 2 aromatic carbocycles. The molecular weight excluding hydrogens is 684 g/mol. The zero-order valence-electron chi connectivity index (χ0n) is 28.2. The fraction of sp³-hybridized carbons (Fsp3) is 0.306. The number of alkyl halides is 3. The fourth-order valence-corrected chi connectivity index (χ4v) is 6.38. The van der Waals surface area contributed by atoms with E-state index in [0.717, 1.165) is 42.7 Å². The van der Waals surface area contributed by atoms with Crippen LogP contribution >= 0.6 is 0 Å². The van der Waals surface area contributed by atoms with E-state index < -0.39 is 35.5 Å². The summed E-state index contributed by atoms with van der Waals surface area (Å²) in [6.45, 7) is 5.84. The van der Waals surface area contributed by atoms with Crippen molar-refractivity contribution in [1.82, 2.24) is 29.2 Å². The number of carbonyl (C=O) groups excluding carboxylic acids is 2. The SMILES string of the molecule is CCN1CCN(Cc2ccc(NC(=O)c3cc(F)cc(C#Cc4cnc(N)nc4-c4cc5c(n4C)CCN(C(=O)O)C5=O)c3)cc2C(F)(F)F)CC1. The second-order valence-electron chi connectivity index (χ2n) is 12.4. The van der Waals surface area contributed by atoms with Crippen molar-refractivity contribution in [3.05, 3.63) is 93.6 Å². The van der Waals surface area contributed by atoms with Crippen molar-refractivity contribution >= 4 is 29.5 Å². The Kier molecular flexibility index (Phi) is 10.0. The Morgan fingerprint density at radius 3 is 2.44 bits per heavy atom. The predicted octanol–water partition coefficient (Wildman–Crippen LogP) is 4.69. The van der Waals surface area contributed by atoms with Crippen LogP contribution in [0.2, 0.25) is 0 Å². The number of carboxylic acid groups (broad SMARTS) is 1. The van der Waals surface area contributed by atoms with Gasteiger partial charge in [-0.2, -0.15) is 13.2 Å². The zero-order valence-corrected chi connectivity index (χ0v) is 28.2. The van der Waals surface area contributed by atoms with E-state index in [1.165, 1.54) is 30.5 Å². The monoisotopic (exact) mass is 718 g/mol. The van der Waals surface area contributed by atoms with E-state index in [-0.39, 0.29) is 64.7 Å². The highest BCUT2D eigenvalue weighted by Gasteiger charge is 2.35. The standard InChI is InChI=1S/C36H34F4N8O4/c1-3-46-10-12-47(13-11-46)20-23-6-7-26(17-28(23)36(38,39)40)43-32(49)24-14-21(15-25(37)16-24)4-5-22-19-42-34(41)44-31(22)30-18-27-29(45(30)2)8-9-48(33(27)50)35(51)52/h6-7,14-19H,3,8-13,20H2,1-2H3,(H,43,49)(H,51,52)(H2,41,42,44). The Morgan fingerprint density at radius 1 is 1.02 bits per heavy atom. The molecular formula is C36H34F4N8O4. The molecule has 0 radical (unpaired) electrons. The third-order valence-corrected chi connectivity index (χ3v) is 9.17. The number of nitrogens with two attached hydrogens (primary N) is 1. The van der Waals surface area contributed by atoms with Crippen molar-refractivity contribution in [3.63, 3.8) is 0 Å². The van der Waals surface area contributed by atoms with Crippen molar-refractivity contribution in [2.24, 2.45) is 7.05 Å². The predicted molar refractivity (Wildman–Crippen MR) is 183 cm³/mol. The first kappa shape index (κ1) is 36.0.